The molecule has 1 aromatic carbocycles. The lowest BCUT2D eigenvalue weighted by Gasteiger charge is -2.22. The van der Waals surface area contributed by atoms with Gasteiger partial charge < -0.3 is 9.84 Å². The molecule has 1 aliphatic heterocycles. The zero-order chi connectivity index (χ0) is 12.7. The minimum Gasteiger partial charge on any atom is -0.494 e. The third kappa shape index (κ3) is 2.14. The molecule has 0 spiro atoms. The van der Waals surface area contributed by atoms with Crippen LogP contribution in [0.5, 0.6) is 5.75 Å². The summed E-state index contributed by atoms with van der Waals surface area (Å²) in [5.74, 6) is -1.26. The van der Waals surface area contributed by atoms with Gasteiger partial charge in [0.2, 0.25) is 0 Å². The van der Waals surface area contributed by atoms with E-state index in [0.717, 1.165) is 0 Å². The molecular formula is C11H13FO4S. The zero-order valence-corrected chi connectivity index (χ0v) is 10.1. The van der Waals surface area contributed by atoms with Gasteiger partial charge in [-0.05, 0) is 12.5 Å². The highest BCUT2D eigenvalue weighted by Gasteiger charge is 2.43. The van der Waals surface area contributed by atoms with E-state index in [2.05, 4.69) is 0 Å². The number of benzene rings is 1. The van der Waals surface area contributed by atoms with Crippen LogP contribution in [0.25, 0.3) is 0 Å². The molecule has 0 saturated carbocycles. The van der Waals surface area contributed by atoms with Gasteiger partial charge in [-0.25, -0.2) is 12.8 Å². The minimum atomic E-state index is -3.30. The Bertz CT molecular complexity index is 540. The molecule has 0 aromatic heterocycles. The molecule has 17 heavy (non-hydrogen) atoms. The quantitative estimate of drug-likeness (QED) is 0.856. The SMILES string of the molecule is COc1cccc(C2(O)CCS(=O)(=O)C2)c1F. The molecule has 94 valence electrons. The van der Waals surface area contributed by atoms with E-state index < -0.39 is 27.0 Å². The summed E-state index contributed by atoms with van der Waals surface area (Å²) in [5, 5.41) is 10.2. The Kier molecular flexibility index (Phi) is 2.87. The number of hydrogen-bond donors (Lipinski definition) is 1. The van der Waals surface area contributed by atoms with Crippen molar-refractivity contribution in [3.8, 4) is 5.75 Å². The smallest absolute Gasteiger partial charge is 0.171 e. The number of halogens is 1. The molecule has 1 aromatic rings. The fraction of sp³-hybridized carbons (Fsp3) is 0.455. The van der Waals surface area contributed by atoms with E-state index in [1.54, 1.807) is 0 Å². The highest BCUT2D eigenvalue weighted by atomic mass is 32.2. The van der Waals surface area contributed by atoms with E-state index in [9.17, 15) is 17.9 Å². The van der Waals surface area contributed by atoms with Crippen LogP contribution in [0.1, 0.15) is 12.0 Å². The number of aliphatic hydroxyl groups is 1. The van der Waals surface area contributed by atoms with Gasteiger partial charge in [0, 0.05) is 5.56 Å². The first-order valence-corrected chi connectivity index (χ1v) is 6.96. The largest absolute Gasteiger partial charge is 0.494 e. The van der Waals surface area contributed by atoms with Gasteiger partial charge in [0.25, 0.3) is 0 Å². The van der Waals surface area contributed by atoms with Gasteiger partial charge in [-0.15, -0.1) is 0 Å². The second-order valence-corrected chi connectivity index (χ2v) is 6.38. The van der Waals surface area contributed by atoms with Gasteiger partial charge in [-0.3, -0.25) is 0 Å². The standard InChI is InChI=1S/C11H13FO4S/c1-16-9-4-2-3-8(10(9)12)11(13)5-6-17(14,15)7-11/h2-4,13H,5-7H2,1H3. The molecule has 0 bridgehead atoms. The van der Waals surface area contributed by atoms with Crippen molar-refractivity contribution in [1.82, 2.24) is 0 Å². The van der Waals surface area contributed by atoms with Crippen LogP contribution in [0.2, 0.25) is 0 Å². The Morgan fingerprint density at radius 1 is 1.47 bits per heavy atom. The van der Waals surface area contributed by atoms with Crippen LogP contribution in [-0.2, 0) is 15.4 Å². The van der Waals surface area contributed by atoms with Gasteiger partial charge in [0.05, 0.1) is 18.6 Å². The van der Waals surface area contributed by atoms with Crippen molar-refractivity contribution in [2.75, 3.05) is 18.6 Å². The van der Waals surface area contributed by atoms with Crippen molar-refractivity contribution in [3.05, 3.63) is 29.6 Å². The summed E-state index contributed by atoms with van der Waals surface area (Å²) >= 11 is 0. The monoisotopic (exact) mass is 260 g/mol. The van der Waals surface area contributed by atoms with Crippen LogP contribution < -0.4 is 4.74 Å². The number of methoxy groups -OCH3 is 1. The molecule has 1 atom stereocenters. The molecule has 4 nitrogen and oxygen atoms in total. The maximum absolute atomic E-state index is 13.9. The van der Waals surface area contributed by atoms with Crippen LogP contribution in [0.15, 0.2) is 18.2 Å². The van der Waals surface area contributed by atoms with E-state index in [1.807, 2.05) is 0 Å². The zero-order valence-electron chi connectivity index (χ0n) is 9.31. The molecule has 1 fully saturated rings. The Balaban J connectivity index is 2.48. The Labute approximate surface area is 98.9 Å². The molecule has 1 aliphatic rings. The number of sulfone groups is 1. The first kappa shape index (κ1) is 12.3. The lowest BCUT2D eigenvalue weighted by atomic mass is 9.93. The van der Waals surface area contributed by atoms with Gasteiger partial charge >= 0.3 is 0 Å². The Morgan fingerprint density at radius 3 is 2.71 bits per heavy atom. The van der Waals surface area contributed by atoms with Crippen molar-refractivity contribution in [3.63, 3.8) is 0 Å². The Morgan fingerprint density at radius 2 is 2.18 bits per heavy atom. The molecule has 2 rings (SSSR count). The van der Waals surface area contributed by atoms with Crippen molar-refractivity contribution < 1.29 is 22.7 Å². The summed E-state index contributed by atoms with van der Waals surface area (Å²) in [7, 11) is -1.98. The fourth-order valence-corrected chi connectivity index (χ4v) is 3.89. The van der Waals surface area contributed by atoms with Gasteiger partial charge in [0.15, 0.2) is 21.4 Å². The van der Waals surface area contributed by atoms with Crippen molar-refractivity contribution in [2.24, 2.45) is 0 Å². The highest BCUT2D eigenvalue weighted by Crippen LogP contribution is 2.37. The predicted octanol–water partition coefficient (Wildman–Crippen LogP) is 0.840. The van der Waals surface area contributed by atoms with E-state index in [1.165, 1.54) is 25.3 Å². The molecular weight excluding hydrogens is 247 g/mol. The number of rotatable bonds is 2. The predicted molar refractivity (Wildman–Crippen MR) is 60.1 cm³/mol. The number of hydrogen-bond acceptors (Lipinski definition) is 4. The first-order chi connectivity index (χ1) is 7.88. The molecule has 0 amide bonds. The van der Waals surface area contributed by atoms with Gasteiger partial charge in [0.1, 0.15) is 5.60 Å². The molecule has 1 saturated heterocycles. The molecule has 1 N–H and O–H groups in total. The maximum Gasteiger partial charge on any atom is 0.171 e. The van der Waals surface area contributed by atoms with Crippen LogP contribution in [0.4, 0.5) is 4.39 Å². The van der Waals surface area contributed by atoms with Gasteiger partial charge in [-0.2, -0.15) is 0 Å². The van der Waals surface area contributed by atoms with Gasteiger partial charge in [-0.1, -0.05) is 12.1 Å². The van der Waals surface area contributed by atoms with E-state index >= 15 is 0 Å². The van der Waals surface area contributed by atoms with Crippen LogP contribution in [0, 0.1) is 5.82 Å². The van der Waals surface area contributed by atoms with E-state index in [4.69, 9.17) is 4.74 Å². The third-order valence-corrected chi connectivity index (χ3v) is 4.71. The summed E-state index contributed by atoms with van der Waals surface area (Å²) in [6.07, 6.45) is 0.0133. The maximum atomic E-state index is 13.9. The second kappa shape index (κ2) is 3.96. The Hall–Kier alpha value is -1.14. The molecule has 0 aliphatic carbocycles. The fourth-order valence-electron chi connectivity index (χ4n) is 2.07. The summed E-state index contributed by atoms with van der Waals surface area (Å²) in [6, 6.07) is 4.34. The van der Waals surface area contributed by atoms with Crippen molar-refractivity contribution >= 4 is 9.84 Å². The van der Waals surface area contributed by atoms with E-state index in [-0.39, 0.29) is 23.5 Å². The average Bonchev–Trinajstić information content (AvgIpc) is 2.54. The number of ether oxygens (including phenoxy) is 1. The normalized spacial score (nSPS) is 27.0. The molecule has 0 radical (unpaired) electrons. The summed E-state index contributed by atoms with van der Waals surface area (Å²) in [6.45, 7) is 0. The van der Waals surface area contributed by atoms with Crippen LogP contribution >= 0.6 is 0 Å². The molecule has 1 unspecified atom stereocenters. The summed E-state index contributed by atoms with van der Waals surface area (Å²) in [5.41, 5.74) is -1.66. The van der Waals surface area contributed by atoms with Crippen LogP contribution in [-0.4, -0.2) is 32.1 Å². The summed E-state index contributed by atoms with van der Waals surface area (Å²) in [4.78, 5) is 0. The molecule has 6 heteroatoms. The highest BCUT2D eigenvalue weighted by molar-refractivity contribution is 7.91. The second-order valence-electron chi connectivity index (χ2n) is 4.20. The lowest BCUT2D eigenvalue weighted by molar-refractivity contribution is 0.0608. The van der Waals surface area contributed by atoms with Crippen molar-refractivity contribution in [1.29, 1.82) is 0 Å². The third-order valence-electron chi connectivity index (χ3n) is 2.97. The topological polar surface area (TPSA) is 63.6 Å². The molecule has 1 heterocycles. The first-order valence-electron chi connectivity index (χ1n) is 5.14. The minimum absolute atomic E-state index is 0.000206. The van der Waals surface area contributed by atoms with Crippen LogP contribution in [0.3, 0.4) is 0 Å². The average molecular weight is 260 g/mol. The van der Waals surface area contributed by atoms with E-state index in [0.29, 0.717) is 0 Å². The van der Waals surface area contributed by atoms with Crippen molar-refractivity contribution in [2.45, 2.75) is 12.0 Å². The summed E-state index contributed by atoms with van der Waals surface area (Å²) < 4.78 is 41.5. The lowest BCUT2D eigenvalue weighted by Crippen LogP contribution is -2.28.